The SMILES string of the molecule is CCCc1noc(Cc2ccc(N)cc2)n1. The Bertz CT molecular complexity index is 448. The molecule has 0 saturated carbocycles. The third-order valence-corrected chi connectivity index (χ3v) is 2.32. The van der Waals surface area contributed by atoms with Crippen molar-refractivity contribution in [1.82, 2.24) is 10.1 Å². The van der Waals surface area contributed by atoms with E-state index >= 15 is 0 Å². The molecule has 2 aromatic rings. The van der Waals surface area contributed by atoms with Gasteiger partial charge in [0, 0.05) is 12.1 Å². The van der Waals surface area contributed by atoms with Gasteiger partial charge in [-0.05, 0) is 24.1 Å². The van der Waals surface area contributed by atoms with Crippen LogP contribution < -0.4 is 5.73 Å². The Morgan fingerprint density at radius 1 is 1.25 bits per heavy atom. The first-order valence-corrected chi connectivity index (χ1v) is 5.44. The van der Waals surface area contributed by atoms with Gasteiger partial charge >= 0.3 is 0 Å². The van der Waals surface area contributed by atoms with Crippen LogP contribution in [0.3, 0.4) is 0 Å². The summed E-state index contributed by atoms with van der Waals surface area (Å²) in [4.78, 5) is 4.31. The van der Waals surface area contributed by atoms with E-state index in [1.165, 1.54) is 0 Å². The normalized spacial score (nSPS) is 10.6. The lowest BCUT2D eigenvalue weighted by Crippen LogP contribution is -1.91. The summed E-state index contributed by atoms with van der Waals surface area (Å²) < 4.78 is 5.16. The minimum absolute atomic E-state index is 0.660. The van der Waals surface area contributed by atoms with E-state index in [1.807, 2.05) is 24.3 Å². The molecule has 2 N–H and O–H groups in total. The van der Waals surface area contributed by atoms with Gasteiger partial charge < -0.3 is 10.3 Å². The van der Waals surface area contributed by atoms with Crippen LogP contribution in [0.25, 0.3) is 0 Å². The van der Waals surface area contributed by atoms with E-state index in [2.05, 4.69) is 17.1 Å². The molecule has 4 nitrogen and oxygen atoms in total. The van der Waals surface area contributed by atoms with Gasteiger partial charge in [0.05, 0.1) is 6.42 Å². The largest absolute Gasteiger partial charge is 0.399 e. The molecule has 1 aromatic heterocycles. The van der Waals surface area contributed by atoms with Crippen LogP contribution >= 0.6 is 0 Å². The summed E-state index contributed by atoms with van der Waals surface area (Å²) in [6.45, 7) is 2.09. The summed E-state index contributed by atoms with van der Waals surface area (Å²) in [6.07, 6.45) is 2.56. The van der Waals surface area contributed by atoms with Crippen LogP contribution in [0.4, 0.5) is 5.69 Å². The summed E-state index contributed by atoms with van der Waals surface area (Å²) in [7, 11) is 0. The Morgan fingerprint density at radius 2 is 2.00 bits per heavy atom. The topological polar surface area (TPSA) is 64.9 Å². The summed E-state index contributed by atoms with van der Waals surface area (Å²) >= 11 is 0. The molecule has 0 aliphatic rings. The zero-order chi connectivity index (χ0) is 11.4. The molecular formula is C12H15N3O. The highest BCUT2D eigenvalue weighted by Crippen LogP contribution is 2.10. The molecule has 84 valence electrons. The number of aryl methyl sites for hydroxylation is 1. The fourth-order valence-electron chi connectivity index (χ4n) is 1.50. The van der Waals surface area contributed by atoms with E-state index in [9.17, 15) is 0 Å². The first kappa shape index (κ1) is 10.7. The Morgan fingerprint density at radius 3 is 2.69 bits per heavy atom. The van der Waals surface area contributed by atoms with E-state index in [4.69, 9.17) is 10.3 Å². The molecule has 0 unspecified atom stereocenters. The number of nitrogen functional groups attached to an aromatic ring is 1. The van der Waals surface area contributed by atoms with Crippen molar-refractivity contribution in [3.63, 3.8) is 0 Å². The molecule has 4 heteroatoms. The van der Waals surface area contributed by atoms with E-state index in [-0.39, 0.29) is 0 Å². The van der Waals surface area contributed by atoms with E-state index in [1.54, 1.807) is 0 Å². The second-order valence-electron chi connectivity index (χ2n) is 3.77. The first-order chi connectivity index (χ1) is 7.78. The summed E-state index contributed by atoms with van der Waals surface area (Å²) in [5.41, 5.74) is 7.50. The van der Waals surface area contributed by atoms with Crippen LogP contribution in [0.15, 0.2) is 28.8 Å². The maximum Gasteiger partial charge on any atom is 0.231 e. The quantitative estimate of drug-likeness (QED) is 0.797. The van der Waals surface area contributed by atoms with Crippen LogP contribution in [-0.2, 0) is 12.8 Å². The molecule has 0 amide bonds. The molecule has 0 spiro atoms. The Balaban J connectivity index is 2.05. The smallest absolute Gasteiger partial charge is 0.231 e. The lowest BCUT2D eigenvalue weighted by atomic mass is 10.1. The zero-order valence-electron chi connectivity index (χ0n) is 9.31. The molecule has 16 heavy (non-hydrogen) atoms. The molecule has 0 saturated heterocycles. The number of nitrogens with zero attached hydrogens (tertiary/aromatic N) is 2. The molecular weight excluding hydrogens is 202 g/mol. The highest BCUT2D eigenvalue weighted by atomic mass is 16.5. The maximum atomic E-state index is 5.61. The van der Waals surface area contributed by atoms with Crippen LogP contribution in [0, 0.1) is 0 Å². The first-order valence-electron chi connectivity index (χ1n) is 5.44. The van der Waals surface area contributed by atoms with E-state index in [0.29, 0.717) is 12.3 Å². The minimum Gasteiger partial charge on any atom is -0.399 e. The number of rotatable bonds is 4. The number of hydrogen-bond donors (Lipinski definition) is 1. The van der Waals surface area contributed by atoms with Crippen molar-refractivity contribution in [2.24, 2.45) is 0 Å². The lowest BCUT2D eigenvalue weighted by molar-refractivity contribution is 0.379. The predicted molar refractivity (Wildman–Crippen MR) is 62.0 cm³/mol. The maximum absolute atomic E-state index is 5.61. The molecule has 0 radical (unpaired) electrons. The van der Waals surface area contributed by atoms with Crippen LogP contribution in [0.2, 0.25) is 0 Å². The lowest BCUT2D eigenvalue weighted by Gasteiger charge is -1.96. The molecule has 0 fully saturated rings. The van der Waals surface area contributed by atoms with Gasteiger partial charge in [-0.15, -0.1) is 0 Å². The van der Waals surface area contributed by atoms with Crippen LogP contribution in [0.1, 0.15) is 30.6 Å². The van der Waals surface area contributed by atoms with Gasteiger partial charge in [-0.1, -0.05) is 24.2 Å². The fourth-order valence-corrected chi connectivity index (χ4v) is 1.50. The average Bonchev–Trinajstić information content (AvgIpc) is 2.70. The number of anilines is 1. The highest BCUT2D eigenvalue weighted by molar-refractivity contribution is 5.39. The Labute approximate surface area is 94.5 Å². The number of aromatic nitrogens is 2. The number of benzene rings is 1. The second-order valence-corrected chi connectivity index (χ2v) is 3.77. The molecule has 2 rings (SSSR count). The van der Waals surface area contributed by atoms with Crippen molar-refractivity contribution < 1.29 is 4.52 Å². The van der Waals surface area contributed by atoms with Crippen molar-refractivity contribution >= 4 is 5.69 Å². The highest BCUT2D eigenvalue weighted by Gasteiger charge is 2.06. The average molecular weight is 217 g/mol. The number of nitrogens with two attached hydrogens (primary N) is 1. The van der Waals surface area contributed by atoms with Gasteiger partial charge in [0.1, 0.15) is 0 Å². The monoisotopic (exact) mass is 217 g/mol. The molecule has 0 atom stereocenters. The van der Waals surface area contributed by atoms with E-state index < -0.39 is 0 Å². The zero-order valence-corrected chi connectivity index (χ0v) is 9.31. The van der Waals surface area contributed by atoms with Crippen molar-refractivity contribution in [2.75, 3.05) is 5.73 Å². The van der Waals surface area contributed by atoms with Crippen molar-refractivity contribution in [3.8, 4) is 0 Å². The Hall–Kier alpha value is -1.84. The molecule has 0 aliphatic heterocycles. The van der Waals surface area contributed by atoms with Gasteiger partial charge in [0.25, 0.3) is 0 Å². The third-order valence-electron chi connectivity index (χ3n) is 2.32. The molecule has 1 aromatic carbocycles. The van der Waals surface area contributed by atoms with Crippen LogP contribution in [-0.4, -0.2) is 10.1 Å². The molecule has 0 bridgehead atoms. The molecule has 0 aliphatic carbocycles. The standard InChI is InChI=1S/C12H15N3O/c1-2-3-11-14-12(16-15-11)8-9-4-6-10(13)7-5-9/h4-7H,2-3,8,13H2,1H3. The summed E-state index contributed by atoms with van der Waals surface area (Å²) in [6, 6.07) is 7.69. The van der Waals surface area contributed by atoms with Gasteiger partial charge in [0.2, 0.25) is 5.89 Å². The van der Waals surface area contributed by atoms with Crippen molar-refractivity contribution in [1.29, 1.82) is 0 Å². The minimum atomic E-state index is 0.660. The van der Waals surface area contributed by atoms with Gasteiger partial charge in [0.15, 0.2) is 5.82 Å². The third kappa shape index (κ3) is 2.59. The van der Waals surface area contributed by atoms with Crippen molar-refractivity contribution in [3.05, 3.63) is 41.5 Å². The van der Waals surface area contributed by atoms with E-state index in [0.717, 1.165) is 29.9 Å². The van der Waals surface area contributed by atoms with Gasteiger partial charge in [-0.2, -0.15) is 4.98 Å². The van der Waals surface area contributed by atoms with Gasteiger partial charge in [-0.25, -0.2) is 0 Å². The summed E-state index contributed by atoms with van der Waals surface area (Å²) in [5, 5.41) is 3.91. The predicted octanol–water partition coefficient (Wildman–Crippen LogP) is 2.20. The fraction of sp³-hybridized carbons (Fsp3) is 0.333. The summed E-state index contributed by atoms with van der Waals surface area (Å²) in [5.74, 6) is 1.45. The second kappa shape index (κ2) is 4.79. The van der Waals surface area contributed by atoms with Gasteiger partial charge in [-0.3, -0.25) is 0 Å². The van der Waals surface area contributed by atoms with Crippen LogP contribution in [0.5, 0.6) is 0 Å². The van der Waals surface area contributed by atoms with Crippen molar-refractivity contribution in [2.45, 2.75) is 26.2 Å². The molecule has 1 heterocycles. The number of hydrogen-bond acceptors (Lipinski definition) is 4. The Kier molecular flexibility index (Phi) is 3.19.